The fourth-order valence-corrected chi connectivity index (χ4v) is 3.35. The fraction of sp³-hybridized carbons (Fsp3) is 0.0833. The van der Waals surface area contributed by atoms with Gasteiger partial charge in [0.1, 0.15) is 17.2 Å². The van der Waals surface area contributed by atoms with Crippen molar-refractivity contribution in [3.63, 3.8) is 0 Å². The summed E-state index contributed by atoms with van der Waals surface area (Å²) in [5.74, 6) is -0.211. The first kappa shape index (κ1) is 22.8. The van der Waals surface area contributed by atoms with E-state index in [1.54, 1.807) is 36.4 Å². The van der Waals surface area contributed by atoms with Crippen molar-refractivity contribution in [1.29, 1.82) is 0 Å². The summed E-state index contributed by atoms with van der Waals surface area (Å²) in [5.41, 5.74) is 1.39. The predicted molar refractivity (Wildman–Crippen MR) is 129 cm³/mol. The first-order valence-electron chi connectivity index (χ1n) is 9.42. The highest BCUT2D eigenvalue weighted by atomic mass is 127. The summed E-state index contributed by atoms with van der Waals surface area (Å²) < 4.78 is 6.82. The predicted octanol–water partition coefficient (Wildman–Crippen LogP) is 5.91. The maximum atomic E-state index is 12.2. The van der Waals surface area contributed by atoms with Crippen molar-refractivity contribution in [2.75, 3.05) is 0 Å². The van der Waals surface area contributed by atoms with Crippen LogP contribution in [0.4, 0.5) is 0 Å². The van der Waals surface area contributed by atoms with Gasteiger partial charge >= 0.3 is 5.97 Å². The number of ether oxygens (including phenoxy) is 1. The van der Waals surface area contributed by atoms with Crippen LogP contribution < -0.4 is 10.1 Å². The normalized spacial score (nSPS) is 11.1. The Bertz CT molecular complexity index is 1100. The van der Waals surface area contributed by atoms with Crippen molar-refractivity contribution in [2.24, 2.45) is 0 Å². The number of benzene rings is 3. The number of carboxylic acid groups (broad SMARTS) is 1. The van der Waals surface area contributed by atoms with E-state index >= 15 is 0 Å². The second kappa shape index (κ2) is 11.0. The topological polar surface area (TPSA) is 75.6 Å². The largest absolute Gasteiger partial charge is 0.477 e. The molecule has 0 saturated heterocycles. The maximum Gasteiger partial charge on any atom is 0.352 e. The van der Waals surface area contributed by atoms with E-state index in [1.807, 2.05) is 36.4 Å². The van der Waals surface area contributed by atoms with Gasteiger partial charge in [0.15, 0.2) is 0 Å². The van der Waals surface area contributed by atoms with Gasteiger partial charge in [-0.25, -0.2) is 4.79 Å². The molecule has 0 aliphatic rings. The zero-order valence-electron chi connectivity index (χ0n) is 16.3. The van der Waals surface area contributed by atoms with Crippen molar-refractivity contribution in [1.82, 2.24) is 5.32 Å². The fourth-order valence-electron chi connectivity index (χ4n) is 2.73. The van der Waals surface area contributed by atoms with Gasteiger partial charge in [0.05, 0.1) is 3.57 Å². The molecule has 0 fully saturated rings. The number of aliphatic carboxylic acids is 1. The Hall–Kier alpha value is -2.84. The Morgan fingerprint density at radius 1 is 1.00 bits per heavy atom. The van der Waals surface area contributed by atoms with Crippen LogP contribution in [0, 0.1) is 3.57 Å². The van der Waals surface area contributed by atoms with Crippen LogP contribution in [0.25, 0.3) is 6.08 Å². The number of amides is 1. The van der Waals surface area contributed by atoms with Crippen LogP contribution in [0.3, 0.4) is 0 Å². The lowest BCUT2D eigenvalue weighted by molar-refractivity contribution is -0.134. The molecule has 158 valence electrons. The number of hydrogen-bond donors (Lipinski definition) is 2. The van der Waals surface area contributed by atoms with E-state index in [0.717, 1.165) is 14.9 Å². The molecule has 0 heterocycles. The monoisotopic (exact) mass is 547 g/mol. The highest BCUT2D eigenvalue weighted by Gasteiger charge is 2.12. The van der Waals surface area contributed by atoms with Gasteiger partial charge in [0, 0.05) is 11.4 Å². The third-order valence-electron chi connectivity index (χ3n) is 4.31. The average Bonchev–Trinajstić information content (AvgIpc) is 2.75. The van der Waals surface area contributed by atoms with Gasteiger partial charge in [0.2, 0.25) is 5.91 Å². The van der Waals surface area contributed by atoms with Gasteiger partial charge in [-0.3, -0.25) is 4.79 Å². The summed E-state index contributed by atoms with van der Waals surface area (Å²) in [5, 5.41) is 12.6. The van der Waals surface area contributed by atoms with Gasteiger partial charge in [-0.1, -0.05) is 48.0 Å². The van der Waals surface area contributed by atoms with Crippen molar-refractivity contribution >= 4 is 52.1 Å². The molecule has 0 aromatic heterocycles. The summed E-state index contributed by atoms with van der Waals surface area (Å²) in [4.78, 5) is 23.8. The Morgan fingerprint density at radius 3 is 2.32 bits per heavy atom. The molecule has 0 radical (unpaired) electrons. The molecule has 3 rings (SSSR count). The zero-order chi connectivity index (χ0) is 22.2. The lowest BCUT2D eigenvalue weighted by Crippen LogP contribution is -2.27. The van der Waals surface area contributed by atoms with E-state index < -0.39 is 5.97 Å². The van der Waals surface area contributed by atoms with Crippen LogP contribution in [0.1, 0.15) is 17.5 Å². The van der Waals surface area contributed by atoms with Crippen LogP contribution in [0.2, 0.25) is 5.02 Å². The zero-order valence-corrected chi connectivity index (χ0v) is 19.3. The number of nitrogens with one attached hydrogen (secondary N) is 1. The van der Waals surface area contributed by atoms with Crippen molar-refractivity contribution in [3.8, 4) is 11.5 Å². The number of para-hydroxylation sites is 1. The molecule has 0 saturated carbocycles. The highest BCUT2D eigenvalue weighted by Crippen LogP contribution is 2.26. The molecule has 3 aromatic rings. The van der Waals surface area contributed by atoms with Crippen LogP contribution >= 0.6 is 34.2 Å². The Balaban J connectivity index is 1.63. The Kier molecular flexibility index (Phi) is 8.08. The van der Waals surface area contributed by atoms with Crippen LogP contribution in [-0.4, -0.2) is 17.0 Å². The van der Waals surface area contributed by atoms with E-state index in [-0.39, 0.29) is 18.0 Å². The third-order valence-corrected chi connectivity index (χ3v) is 5.46. The quantitative estimate of drug-likeness (QED) is 0.272. The molecule has 2 N–H and O–H groups in total. The molecule has 0 unspecified atom stereocenters. The molecule has 1 amide bonds. The molecular formula is C24H19ClINO4. The first-order chi connectivity index (χ1) is 14.9. The highest BCUT2D eigenvalue weighted by molar-refractivity contribution is 14.1. The Morgan fingerprint density at radius 2 is 1.68 bits per heavy atom. The van der Waals surface area contributed by atoms with E-state index in [9.17, 15) is 14.7 Å². The summed E-state index contributed by atoms with van der Waals surface area (Å²) in [6.45, 7) is 0. The van der Waals surface area contributed by atoms with Crippen molar-refractivity contribution < 1.29 is 19.4 Å². The van der Waals surface area contributed by atoms with Crippen molar-refractivity contribution in [3.05, 3.63) is 98.2 Å². The van der Waals surface area contributed by atoms with E-state index in [2.05, 4.69) is 27.9 Å². The average molecular weight is 548 g/mol. The molecule has 0 bridgehead atoms. The number of hydrogen-bond acceptors (Lipinski definition) is 3. The van der Waals surface area contributed by atoms with Gasteiger partial charge < -0.3 is 15.2 Å². The number of aryl methyl sites for hydroxylation is 1. The molecule has 7 heteroatoms. The summed E-state index contributed by atoms with van der Waals surface area (Å²) >= 11 is 8.05. The number of carbonyl (C=O) groups excluding carboxylic acids is 1. The number of carboxylic acids is 1. The molecule has 0 aliphatic carbocycles. The molecule has 5 nitrogen and oxygen atoms in total. The van der Waals surface area contributed by atoms with Crippen molar-refractivity contribution in [2.45, 2.75) is 12.8 Å². The van der Waals surface area contributed by atoms with E-state index in [4.69, 9.17) is 16.3 Å². The molecular weight excluding hydrogens is 529 g/mol. The summed E-state index contributed by atoms with van der Waals surface area (Å²) in [6, 6.07) is 21.8. The molecule has 0 atom stereocenters. The van der Waals surface area contributed by atoms with E-state index in [0.29, 0.717) is 22.8 Å². The van der Waals surface area contributed by atoms with Gasteiger partial charge in [-0.2, -0.15) is 0 Å². The molecule has 3 aromatic carbocycles. The van der Waals surface area contributed by atoms with Crippen LogP contribution in [0.15, 0.2) is 78.5 Å². The third kappa shape index (κ3) is 7.11. The first-order valence-corrected chi connectivity index (χ1v) is 10.9. The second-order valence-corrected chi connectivity index (χ2v) is 8.24. The maximum absolute atomic E-state index is 12.2. The van der Waals surface area contributed by atoms with Gasteiger partial charge in [-0.15, -0.1) is 0 Å². The minimum atomic E-state index is -1.21. The smallest absolute Gasteiger partial charge is 0.352 e. The molecule has 0 aliphatic heterocycles. The number of rotatable bonds is 8. The lowest BCUT2D eigenvalue weighted by Gasteiger charge is -2.09. The standard InChI is InChI=1S/C24H19ClINO4/c25-18-10-5-16(6-11-18)9-14-23(28)27-21(24(29)30)15-17-7-12-19(13-8-17)31-22-4-2-1-3-20(22)26/h1-8,10-13,15H,9,14H2,(H,27,28)(H,29,30)/b21-15+. The second-order valence-electron chi connectivity index (χ2n) is 6.64. The number of halogens is 2. The summed E-state index contributed by atoms with van der Waals surface area (Å²) in [6.07, 6.45) is 2.06. The van der Waals surface area contributed by atoms with Gasteiger partial charge in [-0.05, 0) is 82.6 Å². The minimum absolute atomic E-state index is 0.161. The lowest BCUT2D eigenvalue weighted by atomic mass is 10.1. The molecule has 0 spiro atoms. The van der Waals surface area contributed by atoms with Crippen LogP contribution in [-0.2, 0) is 16.0 Å². The number of carbonyl (C=O) groups is 2. The minimum Gasteiger partial charge on any atom is -0.477 e. The van der Waals surface area contributed by atoms with E-state index in [1.165, 1.54) is 6.08 Å². The molecule has 31 heavy (non-hydrogen) atoms. The Labute approximate surface area is 198 Å². The SMILES string of the molecule is O=C(CCc1ccc(Cl)cc1)N/C(=C/c1ccc(Oc2ccccc2I)cc1)C(=O)O. The van der Waals surface area contributed by atoms with Crippen LogP contribution in [0.5, 0.6) is 11.5 Å². The van der Waals surface area contributed by atoms with Gasteiger partial charge in [0.25, 0.3) is 0 Å². The summed E-state index contributed by atoms with van der Waals surface area (Å²) in [7, 11) is 0.